The Hall–Kier alpha value is -3.90. The first-order chi connectivity index (χ1) is 15.2. The molecule has 31 heavy (non-hydrogen) atoms. The van der Waals surface area contributed by atoms with Crippen molar-refractivity contribution in [3.63, 3.8) is 0 Å². The maximum Gasteiger partial charge on any atom is 0.265 e. The van der Waals surface area contributed by atoms with Gasteiger partial charge in [0.1, 0.15) is 16.0 Å². The van der Waals surface area contributed by atoms with Gasteiger partial charge in [0.15, 0.2) is 0 Å². The van der Waals surface area contributed by atoms with E-state index >= 15 is 0 Å². The zero-order valence-corrected chi connectivity index (χ0v) is 17.4. The summed E-state index contributed by atoms with van der Waals surface area (Å²) in [6, 6.07) is 25.6. The van der Waals surface area contributed by atoms with Gasteiger partial charge in [0.05, 0.1) is 16.3 Å². The summed E-state index contributed by atoms with van der Waals surface area (Å²) in [6.45, 7) is 1.96. The summed E-state index contributed by atoms with van der Waals surface area (Å²) in [5, 5.41) is 10.7. The number of furan rings is 1. The van der Waals surface area contributed by atoms with Crippen molar-refractivity contribution in [3.8, 4) is 5.69 Å². The number of hydrogen-bond acceptors (Lipinski definition) is 4. The number of fused-ring (bicyclic) bond motifs is 4. The van der Waals surface area contributed by atoms with Crippen molar-refractivity contribution in [1.82, 2.24) is 9.78 Å². The molecule has 0 atom stereocenters. The van der Waals surface area contributed by atoms with Crippen LogP contribution in [-0.4, -0.2) is 15.7 Å². The lowest BCUT2D eigenvalue weighted by Gasteiger charge is -2.04. The standard InChI is InChI=1S/C25H17N3O2S/c1-15-20-14-23(31-25(20)28(27-15)17-7-3-2-4-8-17)24(29)26-16-11-12-19-18-9-5-6-10-21(18)30-22(19)13-16/h2-14H,1H3,(H,26,29). The zero-order chi connectivity index (χ0) is 20.9. The van der Waals surface area contributed by atoms with E-state index in [4.69, 9.17) is 4.42 Å². The van der Waals surface area contributed by atoms with E-state index in [-0.39, 0.29) is 5.91 Å². The highest BCUT2D eigenvalue weighted by molar-refractivity contribution is 7.20. The largest absolute Gasteiger partial charge is 0.456 e. The van der Waals surface area contributed by atoms with Gasteiger partial charge in [-0.2, -0.15) is 5.10 Å². The highest BCUT2D eigenvalue weighted by atomic mass is 32.1. The number of nitrogens with one attached hydrogen (secondary N) is 1. The van der Waals surface area contributed by atoms with Crippen molar-refractivity contribution in [1.29, 1.82) is 0 Å². The van der Waals surface area contributed by atoms with Gasteiger partial charge in [0.2, 0.25) is 0 Å². The Labute approximate surface area is 181 Å². The molecule has 0 bridgehead atoms. The Bertz CT molecular complexity index is 1590. The quantitative estimate of drug-likeness (QED) is 0.351. The van der Waals surface area contributed by atoms with Crippen LogP contribution < -0.4 is 5.32 Å². The smallest absolute Gasteiger partial charge is 0.265 e. The first kappa shape index (κ1) is 17.9. The van der Waals surface area contributed by atoms with Crippen LogP contribution in [0.2, 0.25) is 0 Å². The number of aryl methyl sites for hydroxylation is 1. The van der Waals surface area contributed by atoms with Gasteiger partial charge in [0.25, 0.3) is 5.91 Å². The lowest BCUT2D eigenvalue weighted by atomic mass is 10.1. The van der Waals surface area contributed by atoms with Gasteiger partial charge in [-0.15, -0.1) is 11.3 Å². The van der Waals surface area contributed by atoms with Gasteiger partial charge < -0.3 is 9.73 Å². The summed E-state index contributed by atoms with van der Waals surface area (Å²) in [5.41, 5.74) is 4.18. The monoisotopic (exact) mass is 423 g/mol. The fraction of sp³-hybridized carbons (Fsp3) is 0.0400. The second-order valence-electron chi connectivity index (χ2n) is 7.43. The van der Waals surface area contributed by atoms with Gasteiger partial charge in [-0.25, -0.2) is 4.68 Å². The van der Waals surface area contributed by atoms with Crippen molar-refractivity contribution in [2.24, 2.45) is 0 Å². The average Bonchev–Trinajstić information content (AvgIpc) is 3.47. The van der Waals surface area contributed by atoms with Crippen molar-refractivity contribution >= 4 is 55.1 Å². The number of carbonyl (C=O) groups excluding carboxylic acids is 1. The van der Waals surface area contributed by atoms with Crippen LogP contribution >= 0.6 is 11.3 Å². The summed E-state index contributed by atoms with van der Waals surface area (Å²) >= 11 is 1.44. The van der Waals surface area contributed by atoms with Crippen LogP contribution in [0, 0.1) is 6.92 Å². The molecular weight excluding hydrogens is 406 g/mol. The number of carbonyl (C=O) groups is 1. The van der Waals surface area contributed by atoms with E-state index in [1.807, 2.05) is 90.5 Å². The molecule has 150 valence electrons. The maximum atomic E-state index is 13.0. The highest BCUT2D eigenvalue weighted by Crippen LogP contribution is 2.32. The fourth-order valence-electron chi connectivity index (χ4n) is 3.90. The molecule has 0 spiro atoms. The zero-order valence-electron chi connectivity index (χ0n) is 16.6. The van der Waals surface area contributed by atoms with E-state index in [9.17, 15) is 4.79 Å². The van der Waals surface area contributed by atoms with E-state index in [1.54, 1.807) is 0 Å². The molecule has 3 aromatic carbocycles. The molecule has 0 saturated heterocycles. The minimum absolute atomic E-state index is 0.143. The summed E-state index contributed by atoms with van der Waals surface area (Å²) in [4.78, 5) is 14.6. The Morgan fingerprint density at radius 1 is 0.903 bits per heavy atom. The van der Waals surface area contributed by atoms with E-state index in [1.165, 1.54) is 11.3 Å². The number of amides is 1. The van der Waals surface area contributed by atoms with Crippen molar-refractivity contribution in [2.45, 2.75) is 6.92 Å². The molecule has 1 amide bonds. The molecule has 6 aromatic rings. The molecule has 5 nitrogen and oxygen atoms in total. The lowest BCUT2D eigenvalue weighted by Crippen LogP contribution is -2.09. The molecule has 0 aliphatic rings. The van der Waals surface area contributed by atoms with Crippen LogP contribution in [0.1, 0.15) is 15.4 Å². The third-order valence-corrected chi connectivity index (χ3v) is 6.52. The maximum absolute atomic E-state index is 13.0. The number of thiophene rings is 1. The molecule has 3 aromatic heterocycles. The average molecular weight is 423 g/mol. The van der Waals surface area contributed by atoms with E-state index in [0.29, 0.717) is 10.6 Å². The molecule has 6 rings (SSSR count). The van der Waals surface area contributed by atoms with Crippen molar-refractivity contribution in [3.05, 3.63) is 89.4 Å². The second kappa shape index (κ2) is 6.82. The molecule has 0 fully saturated rings. The second-order valence-corrected chi connectivity index (χ2v) is 8.46. The predicted octanol–water partition coefficient (Wildman–Crippen LogP) is 6.55. The number of hydrogen-bond donors (Lipinski definition) is 1. The first-order valence-corrected chi connectivity index (χ1v) is 10.8. The van der Waals surface area contributed by atoms with Crippen LogP contribution in [-0.2, 0) is 0 Å². The number of para-hydroxylation sites is 2. The molecule has 0 aliphatic heterocycles. The minimum atomic E-state index is -0.143. The topological polar surface area (TPSA) is 60.1 Å². The SMILES string of the molecule is Cc1nn(-c2ccccc2)c2sc(C(=O)Nc3ccc4c(c3)oc3ccccc34)cc12. The number of aromatic nitrogens is 2. The van der Waals surface area contributed by atoms with E-state index < -0.39 is 0 Å². The van der Waals surface area contributed by atoms with Gasteiger partial charge in [-0.05, 0) is 43.3 Å². The Balaban J connectivity index is 1.35. The van der Waals surface area contributed by atoms with E-state index in [2.05, 4.69) is 10.4 Å². The van der Waals surface area contributed by atoms with Crippen molar-refractivity contribution in [2.75, 3.05) is 5.32 Å². The number of anilines is 1. The van der Waals surface area contributed by atoms with Crippen LogP contribution in [0.3, 0.4) is 0 Å². The molecule has 0 unspecified atom stereocenters. The van der Waals surface area contributed by atoms with Gasteiger partial charge in [0, 0.05) is 27.9 Å². The highest BCUT2D eigenvalue weighted by Gasteiger charge is 2.18. The first-order valence-electron chi connectivity index (χ1n) is 9.94. The Morgan fingerprint density at radius 2 is 1.68 bits per heavy atom. The normalized spacial score (nSPS) is 11.5. The summed E-state index contributed by atoms with van der Waals surface area (Å²) in [6.07, 6.45) is 0. The summed E-state index contributed by atoms with van der Waals surface area (Å²) < 4.78 is 7.83. The van der Waals surface area contributed by atoms with E-state index in [0.717, 1.165) is 43.5 Å². The number of nitrogens with zero attached hydrogens (tertiary/aromatic N) is 2. The Morgan fingerprint density at radius 3 is 2.55 bits per heavy atom. The molecule has 6 heteroatoms. The van der Waals surface area contributed by atoms with Crippen molar-refractivity contribution < 1.29 is 9.21 Å². The molecule has 0 saturated carbocycles. The van der Waals surface area contributed by atoms with Crippen LogP contribution in [0.4, 0.5) is 5.69 Å². The van der Waals surface area contributed by atoms with Gasteiger partial charge >= 0.3 is 0 Å². The third kappa shape index (κ3) is 2.92. The van der Waals surface area contributed by atoms with Crippen LogP contribution in [0.15, 0.2) is 83.3 Å². The molecule has 1 N–H and O–H groups in total. The molecule has 0 radical (unpaired) electrons. The molecular formula is C25H17N3O2S. The fourth-order valence-corrected chi connectivity index (χ4v) is 4.98. The Kier molecular flexibility index (Phi) is 3.94. The number of rotatable bonds is 3. The minimum Gasteiger partial charge on any atom is -0.456 e. The summed E-state index contributed by atoms with van der Waals surface area (Å²) in [7, 11) is 0. The number of benzene rings is 3. The third-order valence-electron chi connectivity index (χ3n) is 5.41. The predicted molar refractivity (Wildman–Crippen MR) is 125 cm³/mol. The van der Waals surface area contributed by atoms with Gasteiger partial charge in [-0.3, -0.25) is 4.79 Å². The molecule has 3 heterocycles. The van der Waals surface area contributed by atoms with Crippen LogP contribution in [0.5, 0.6) is 0 Å². The van der Waals surface area contributed by atoms with Crippen LogP contribution in [0.25, 0.3) is 37.8 Å². The summed E-state index contributed by atoms with van der Waals surface area (Å²) in [5.74, 6) is -0.143. The molecule has 0 aliphatic carbocycles. The lowest BCUT2D eigenvalue weighted by molar-refractivity contribution is 0.103. The van der Waals surface area contributed by atoms with Gasteiger partial charge in [-0.1, -0.05) is 36.4 Å².